The van der Waals surface area contributed by atoms with Crippen LogP contribution in [0.4, 0.5) is 0 Å². The zero-order chi connectivity index (χ0) is 18.7. The molecule has 1 aliphatic carbocycles. The van der Waals surface area contributed by atoms with Gasteiger partial charge in [0, 0.05) is 18.2 Å². The minimum absolute atomic E-state index is 0.113. The van der Waals surface area contributed by atoms with E-state index < -0.39 is 7.12 Å². The lowest BCUT2D eigenvalue weighted by atomic mass is 9.78. The Kier molecular flexibility index (Phi) is 4.21. The molecule has 1 amide bonds. The normalized spacial score (nSPS) is 30.0. The van der Waals surface area contributed by atoms with Crippen molar-refractivity contribution >= 4 is 18.5 Å². The van der Waals surface area contributed by atoms with Gasteiger partial charge in [-0.2, -0.15) is 0 Å². The molecule has 1 aromatic rings. The number of aliphatic hydroxyl groups is 1. The van der Waals surface area contributed by atoms with E-state index in [0.717, 1.165) is 42.3 Å². The van der Waals surface area contributed by atoms with Gasteiger partial charge in [-0.25, -0.2) is 0 Å². The smallest absolute Gasteiger partial charge is 0.399 e. The number of carbonyl (C=O) groups is 1. The Hall–Kier alpha value is -1.37. The quantitative estimate of drug-likeness (QED) is 0.825. The third kappa shape index (κ3) is 2.88. The van der Waals surface area contributed by atoms with Gasteiger partial charge in [0.2, 0.25) is 0 Å². The van der Waals surface area contributed by atoms with Crippen LogP contribution in [0.5, 0.6) is 0 Å². The van der Waals surface area contributed by atoms with Crippen LogP contribution < -0.4 is 5.46 Å². The third-order valence-corrected chi connectivity index (χ3v) is 6.59. The van der Waals surface area contributed by atoms with Gasteiger partial charge in [-0.05, 0) is 70.5 Å². The molecule has 0 radical (unpaired) electrons. The average molecular weight is 357 g/mol. The fourth-order valence-electron chi connectivity index (χ4n) is 4.15. The molecule has 26 heavy (non-hydrogen) atoms. The zero-order valence-electron chi connectivity index (χ0n) is 16.1. The number of carbonyl (C=O) groups excluding carboxylic acids is 1. The standard InChI is InChI=1S/C20H28BNO4/c1-19(2)20(3,4)26-21(25-19)14-5-10-17-13(11-14)12-22(18(17)24)15-6-8-16(23)9-7-15/h5,10-11,15-16,23H,6-9,12H2,1-4H3/t15-,16+. The Morgan fingerprint density at radius 2 is 1.69 bits per heavy atom. The van der Waals surface area contributed by atoms with Gasteiger partial charge in [0.15, 0.2) is 0 Å². The number of nitrogens with zero attached hydrogens (tertiary/aromatic N) is 1. The molecular formula is C20H28BNO4. The number of hydrogen-bond donors (Lipinski definition) is 1. The molecule has 2 fully saturated rings. The zero-order valence-corrected chi connectivity index (χ0v) is 16.1. The summed E-state index contributed by atoms with van der Waals surface area (Å²) in [7, 11) is -0.403. The summed E-state index contributed by atoms with van der Waals surface area (Å²) in [4.78, 5) is 14.8. The Balaban J connectivity index is 1.53. The highest BCUT2D eigenvalue weighted by atomic mass is 16.7. The molecule has 1 aromatic carbocycles. The number of amides is 1. The maximum absolute atomic E-state index is 12.8. The summed E-state index contributed by atoms with van der Waals surface area (Å²) < 4.78 is 12.3. The summed E-state index contributed by atoms with van der Waals surface area (Å²) in [5, 5.41) is 9.72. The number of rotatable bonds is 2. The van der Waals surface area contributed by atoms with Crippen LogP contribution in [0.3, 0.4) is 0 Å². The van der Waals surface area contributed by atoms with E-state index in [9.17, 15) is 9.90 Å². The minimum atomic E-state index is -0.403. The lowest BCUT2D eigenvalue weighted by Gasteiger charge is -2.32. The summed E-state index contributed by atoms with van der Waals surface area (Å²) in [5.74, 6) is 0.113. The van der Waals surface area contributed by atoms with Crippen LogP contribution in [0.15, 0.2) is 18.2 Å². The number of fused-ring (bicyclic) bond motifs is 1. The first-order valence-corrected chi connectivity index (χ1v) is 9.65. The Labute approximate surface area is 155 Å². The second-order valence-electron chi connectivity index (χ2n) is 8.90. The van der Waals surface area contributed by atoms with Crippen molar-refractivity contribution in [1.29, 1.82) is 0 Å². The van der Waals surface area contributed by atoms with Gasteiger partial charge in [0.25, 0.3) is 5.91 Å². The molecule has 4 rings (SSSR count). The lowest BCUT2D eigenvalue weighted by molar-refractivity contribution is 0.00578. The van der Waals surface area contributed by atoms with Crippen LogP contribution in [0.2, 0.25) is 0 Å². The van der Waals surface area contributed by atoms with Gasteiger partial charge in [-0.1, -0.05) is 12.1 Å². The SMILES string of the molecule is CC1(C)OB(c2ccc3c(c2)CN([C@H]2CC[C@@H](O)CC2)C3=O)OC1(C)C. The maximum atomic E-state index is 12.8. The van der Waals surface area contributed by atoms with Crippen LogP contribution in [-0.4, -0.2) is 46.4 Å². The van der Waals surface area contributed by atoms with E-state index in [-0.39, 0.29) is 29.3 Å². The van der Waals surface area contributed by atoms with Gasteiger partial charge >= 0.3 is 7.12 Å². The highest BCUT2D eigenvalue weighted by Crippen LogP contribution is 2.37. The Morgan fingerprint density at radius 1 is 1.08 bits per heavy atom. The first kappa shape index (κ1) is 18.0. The van der Waals surface area contributed by atoms with Crippen molar-refractivity contribution in [2.45, 2.75) is 83.3 Å². The van der Waals surface area contributed by atoms with Crippen LogP contribution in [0.25, 0.3) is 0 Å². The predicted octanol–water partition coefficient (Wildman–Crippen LogP) is 2.25. The molecule has 0 aromatic heterocycles. The first-order chi connectivity index (χ1) is 12.2. The van der Waals surface area contributed by atoms with Gasteiger partial charge < -0.3 is 19.3 Å². The second-order valence-corrected chi connectivity index (χ2v) is 8.90. The van der Waals surface area contributed by atoms with Gasteiger partial charge in [-0.15, -0.1) is 0 Å². The van der Waals surface area contributed by atoms with E-state index >= 15 is 0 Å². The van der Waals surface area contributed by atoms with E-state index in [1.807, 2.05) is 44.7 Å². The van der Waals surface area contributed by atoms with Gasteiger partial charge in [0.05, 0.1) is 17.3 Å². The highest BCUT2D eigenvalue weighted by molar-refractivity contribution is 6.62. The maximum Gasteiger partial charge on any atom is 0.494 e. The fraction of sp³-hybridized carbons (Fsp3) is 0.650. The molecular weight excluding hydrogens is 329 g/mol. The molecule has 2 heterocycles. The van der Waals surface area contributed by atoms with Crippen LogP contribution >= 0.6 is 0 Å². The Bertz CT molecular complexity index is 709. The van der Waals surface area contributed by atoms with E-state index in [0.29, 0.717) is 6.54 Å². The number of aliphatic hydroxyl groups excluding tert-OH is 1. The summed E-state index contributed by atoms with van der Waals surface area (Å²) in [6.07, 6.45) is 3.12. The topological polar surface area (TPSA) is 59.0 Å². The summed E-state index contributed by atoms with van der Waals surface area (Å²) in [6, 6.07) is 6.16. The molecule has 1 saturated heterocycles. The summed E-state index contributed by atoms with van der Waals surface area (Å²) >= 11 is 0. The van der Waals surface area contributed by atoms with Crippen molar-refractivity contribution in [3.05, 3.63) is 29.3 Å². The van der Waals surface area contributed by atoms with Crippen LogP contribution in [0, 0.1) is 0 Å². The molecule has 0 spiro atoms. The van der Waals surface area contributed by atoms with Crippen molar-refractivity contribution in [1.82, 2.24) is 4.90 Å². The summed E-state index contributed by atoms with van der Waals surface area (Å²) in [6.45, 7) is 8.82. The van der Waals surface area contributed by atoms with E-state index in [2.05, 4.69) is 6.07 Å². The van der Waals surface area contributed by atoms with Gasteiger partial charge in [0.1, 0.15) is 0 Å². The van der Waals surface area contributed by atoms with Crippen molar-refractivity contribution < 1.29 is 19.2 Å². The predicted molar refractivity (Wildman–Crippen MR) is 100 cm³/mol. The van der Waals surface area contributed by atoms with Crippen molar-refractivity contribution in [3.63, 3.8) is 0 Å². The average Bonchev–Trinajstić information content (AvgIpc) is 3.01. The largest absolute Gasteiger partial charge is 0.494 e. The minimum Gasteiger partial charge on any atom is -0.399 e. The first-order valence-electron chi connectivity index (χ1n) is 9.65. The number of hydrogen-bond acceptors (Lipinski definition) is 4. The van der Waals surface area contributed by atoms with Gasteiger partial charge in [-0.3, -0.25) is 4.79 Å². The molecule has 0 bridgehead atoms. The molecule has 0 atom stereocenters. The van der Waals surface area contributed by atoms with Crippen molar-refractivity contribution in [3.8, 4) is 0 Å². The second kappa shape index (κ2) is 6.08. The van der Waals surface area contributed by atoms with Crippen molar-refractivity contribution in [2.24, 2.45) is 0 Å². The van der Waals surface area contributed by atoms with Crippen molar-refractivity contribution in [2.75, 3.05) is 0 Å². The molecule has 5 nitrogen and oxygen atoms in total. The van der Waals surface area contributed by atoms with E-state index in [4.69, 9.17) is 9.31 Å². The van der Waals surface area contributed by atoms with Crippen LogP contribution in [0.1, 0.15) is 69.3 Å². The number of benzene rings is 1. The lowest BCUT2D eigenvalue weighted by Crippen LogP contribution is -2.41. The molecule has 1 N–H and O–H groups in total. The highest BCUT2D eigenvalue weighted by Gasteiger charge is 2.52. The van der Waals surface area contributed by atoms with Crippen LogP contribution in [-0.2, 0) is 15.9 Å². The Morgan fingerprint density at radius 3 is 2.31 bits per heavy atom. The third-order valence-electron chi connectivity index (χ3n) is 6.59. The molecule has 1 saturated carbocycles. The monoisotopic (exact) mass is 357 g/mol. The molecule has 0 unspecified atom stereocenters. The fourth-order valence-corrected chi connectivity index (χ4v) is 4.15. The van der Waals surface area contributed by atoms with E-state index in [1.165, 1.54) is 0 Å². The summed E-state index contributed by atoms with van der Waals surface area (Å²) in [5.41, 5.74) is 2.06. The molecule has 2 aliphatic heterocycles. The molecule has 6 heteroatoms. The molecule has 140 valence electrons. The molecule has 3 aliphatic rings. The van der Waals surface area contributed by atoms with E-state index in [1.54, 1.807) is 0 Å².